The van der Waals surface area contributed by atoms with E-state index in [4.69, 9.17) is 9.47 Å². The fourth-order valence-corrected chi connectivity index (χ4v) is 5.06. The van der Waals surface area contributed by atoms with Crippen LogP contribution in [0.25, 0.3) is 0 Å². The number of carbonyl (C=O) groups excluding carboxylic acids is 1. The predicted molar refractivity (Wildman–Crippen MR) is 127 cm³/mol. The first-order chi connectivity index (χ1) is 15.9. The molecule has 3 aromatic rings. The van der Waals surface area contributed by atoms with E-state index in [0.29, 0.717) is 23.7 Å². The summed E-state index contributed by atoms with van der Waals surface area (Å²) in [5.41, 5.74) is 3.41. The minimum atomic E-state index is -0.467. The maximum absolute atomic E-state index is 13.0. The van der Waals surface area contributed by atoms with E-state index in [-0.39, 0.29) is 24.2 Å². The quantitative estimate of drug-likeness (QED) is 0.404. The van der Waals surface area contributed by atoms with Crippen LogP contribution in [0.4, 0.5) is 11.4 Å². The molecule has 1 amide bonds. The molecule has 8 nitrogen and oxygen atoms in total. The predicted octanol–water partition coefficient (Wildman–Crippen LogP) is 4.57. The van der Waals surface area contributed by atoms with Gasteiger partial charge in [-0.15, -0.1) is 11.3 Å². The molecule has 1 unspecified atom stereocenters. The number of thiophene rings is 1. The Bertz CT molecular complexity index is 1180. The van der Waals surface area contributed by atoms with Crippen molar-refractivity contribution in [3.63, 3.8) is 0 Å². The first kappa shape index (κ1) is 22.8. The Morgan fingerprint density at radius 1 is 1.21 bits per heavy atom. The summed E-state index contributed by atoms with van der Waals surface area (Å²) < 4.78 is 11.0. The number of carbonyl (C=O) groups is 1. The summed E-state index contributed by atoms with van der Waals surface area (Å²) in [6.07, 6.45) is 0.765. The Labute approximate surface area is 195 Å². The molecule has 0 aliphatic carbocycles. The number of nitrogens with zero attached hydrogens (tertiary/aromatic N) is 2. The van der Waals surface area contributed by atoms with E-state index in [1.165, 1.54) is 12.1 Å². The molecule has 1 N–H and O–H groups in total. The van der Waals surface area contributed by atoms with Gasteiger partial charge in [-0.05, 0) is 53.6 Å². The van der Waals surface area contributed by atoms with Gasteiger partial charge in [0.15, 0.2) is 11.5 Å². The second-order valence-electron chi connectivity index (χ2n) is 7.85. The normalized spacial score (nSPS) is 15.5. The van der Waals surface area contributed by atoms with Gasteiger partial charge in [0, 0.05) is 23.6 Å². The number of aryl methyl sites for hydroxylation is 1. The van der Waals surface area contributed by atoms with Crippen molar-refractivity contribution in [3.8, 4) is 11.5 Å². The molecule has 172 valence electrons. The molecule has 0 fully saturated rings. The molecule has 9 heteroatoms. The van der Waals surface area contributed by atoms with Gasteiger partial charge in [0.25, 0.3) is 5.69 Å². The van der Waals surface area contributed by atoms with Gasteiger partial charge in [0.05, 0.1) is 37.4 Å². The number of hydrogen-bond acceptors (Lipinski definition) is 7. The van der Waals surface area contributed by atoms with Gasteiger partial charge < -0.3 is 14.8 Å². The zero-order valence-electron chi connectivity index (χ0n) is 18.7. The van der Waals surface area contributed by atoms with Crippen molar-refractivity contribution in [1.29, 1.82) is 0 Å². The van der Waals surface area contributed by atoms with Gasteiger partial charge in [-0.1, -0.05) is 12.1 Å². The van der Waals surface area contributed by atoms with Gasteiger partial charge in [-0.25, -0.2) is 0 Å². The third-order valence-electron chi connectivity index (χ3n) is 5.84. The molecule has 33 heavy (non-hydrogen) atoms. The number of ether oxygens (including phenoxy) is 2. The highest BCUT2D eigenvalue weighted by Crippen LogP contribution is 2.42. The fraction of sp³-hybridized carbons (Fsp3) is 0.292. The van der Waals surface area contributed by atoms with Gasteiger partial charge >= 0.3 is 0 Å². The van der Waals surface area contributed by atoms with Crippen molar-refractivity contribution in [2.24, 2.45) is 0 Å². The Balaban J connectivity index is 1.62. The molecular formula is C24H25N3O5S. The maximum atomic E-state index is 13.0. The monoisotopic (exact) mass is 467 g/mol. The number of anilines is 1. The number of non-ortho nitro benzene ring substituents is 1. The molecule has 1 aliphatic heterocycles. The number of nitrogens with one attached hydrogen (secondary N) is 1. The Morgan fingerprint density at radius 2 is 1.97 bits per heavy atom. The number of methoxy groups -OCH3 is 2. The largest absolute Gasteiger partial charge is 0.493 e. The first-order valence-corrected chi connectivity index (χ1v) is 11.4. The van der Waals surface area contributed by atoms with Gasteiger partial charge in [0.2, 0.25) is 5.91 Å². The zero-order valence-corrected chi connectivity index (χ0v) is 19.5. The number of benzene rings is 2. The third-order valence-corrected chi connectivity index (χ3v) is 6.76. The van der Waals surface area contributed by atoms with E-state index >= 15 is 0 Å². The highest BCUT2D eigenvalue weighted by Gasteiger charge is 2.32. The van der Waals surface area contributed by atoms with Crippen LogP contribution in [0.1, 0.15) is 27.6 Å². The number of nitro groups is 1. The van der Waals surface area contributed by atoms with E-state index in [0.717, 1.165) is 28.0 Å². The Morgan fingerprint density at radius 3 is 2.64 bits per heavy atom. The molecule has 0 saturated carbocycles. The van der Waals surface area contributed by atoms with Gasteiger partial charge in [0.1, 0.15) is 0 Å². The second-order valence-corrected chi connectivity index (χ2v) is 8.83. The van der Waals surface area contributed by atoms with E-state index in [1.807, 2.05) is 30.5 Å². The minimum Gasteiger partial charge on any atom is -0.493 e. The maximum Gasteiger partial charge on any atom is 0.271 e. The fourth-order valence-electron chi connectivity index (χ4n) is 4.18. The summed E-state index contributed by atoms with van der Waals surface area (Å²) in [4.78, 5) is 26.9. The average molecular weight is 468 g/mol. The Kier molecular flexibility index (Phi) is 6.62. The number of rotatable bonds is 7. The smallest absolute Gasteiger partial charge is 0.271 e. The number of hydrogen-bond donors (Lipinski definition) is 1. The van der Waals surface area contributed by atoms with Crippen molar-refractivity contribution in [2.75, 3.05) is 32.6 Å². The lowest BCUT2D eigenvalue weighted by Gasteiger charge is -2.37. The molecule has 1 aliphatic rings. The van der Waals surface area contributed by atoms with Crippen LogP contribution in [0.3, 0.4) is 0 Å². The van der Waals surface area contributed by atoms with Crippen LogP contribution < -0.4 is 14.8 Å². The Hall–Kier alpha value is -3.43. The molecule has 4 rings (SSSR count). The molecule has 1 atom stereocenters. The summed E-state index contributed by atoms with van der Waals surface area (Å²) >= 11 is 1.64. The van der Waals surface area contributed by atoms with Gasteiger partial charge in [-0.2, -0.15) is 0 Å². The van der Waals surface area contributed by atoms with E-state index in [9.17, 15) is 14.9 Å². The van der Waals surface area contributed by atoms with Crippen LogP contribution in [0.15, 0.2) is 47.8 Å². The topological polar surface area (TPSA) is 93.9 Å². The molecule has 0 radical (unpaired) electrons. The SMILES string of the molecule is COc1cc2c(cc1OC)C(c1cccs1)N(CC(=O)Nc1cc([N+](=O)[O-])ccc1C)CC2. The number of nitro benzene ring substituents is 1. The average Bonchev–Trinajstić information content (AvgIpc) is 3.33. The van der Waals surface area contributed by atoms with Crippen LogP contribution in [0.5, 0.6) is 11.5 Å². The molecule has 2 aromatic carbocycles. The summed E-state index contributed by atoms with van der Waals surface area (Å²) in [7, 11) is 3.23. The van der Waals surface area contributed by atoms with Crippen molar-refractivity contribution in [2.45, 2.75) is 19.4 Å². The van der Waals surface area contributed by atoms with Crippen molar-refractivity contribution in [3.05, 3.63) is 79.5 Å². The molecule has 2 heterocycles. The number of amides is 1. The van der Waals surface area contributed by atoms with Crippen LogP contribution in [0.2, 0.25) is 0 Å². The summed E-state index contributed by atoms with van der Waals surface area (Å²) in [5, 5.41) is 16.0. The highest BCUT2D eigenvalue weighted by atomic mass is 32.1. The second kappa shape index (κ2) is 9.60. The zero-order chi connectivity index (χ0) is 23.5. The lowest BCUT2D eigenvalue weighted by molar-refractivity contribution is -0.384. The molecule has 0 bridgehead atoms. The van der Waals surface area contributed by atoms with Crippen LogP contribution >= 0.6 is 11.3 Å². The van der Waals surface area contributed by atoms with Crippen molar-refractivity contribution >= 4 is 28.6 Å². The van der Waals surface area contributed by atoms with Crippen LogP contribution in [-0.4, -0.2) is 43.0 Å². The molecule has 0 saturated heterocycles. The summed E-state index contributed by atoms with van der Waals surface area (Å²) in [6.45, 7) is 2.65. The van der Waals surface area contributed by atoms with Crippen LogP contribution in [0, 0.1) is 17.0 Å². The molecule has 1 aromatic heterocycles. The van der Waals surface area contributed by atoms with E-state index in [1.54, 1.807) is 31.6 Å². The minimum absolute atomic E-state index is 0.0553. The summed E-state index contributed by atoms with van der Waals surface area (Å²) in [5.74, 6) is 1.12. The number of fused-ring (bicyclic) bond motifs is 1. The highest BCUT2D eigenvalue weighted by molar-refractivity contribution is 7.10. The van der Waals surface area contributed by atoms with Crippen molar-refractivity contribution in [1.82, 2.24) is 4.90 Å². The summed E-state index contributed by atoms with van der Waals surface area (Å²) in [6, 6.07) is 12.4. The first-order valence-electron chi connectivity index (χ1n) is 10.5. The lowest BCUT2D eigenvalue weighted by atomic mass is 9.91. The van der Waals surface area contributed by atoms with E-state index in [2.05, 4.69) is 16.3 Å². The van der Waals surface area contributed by atoms with Crippen LogP contribution in [-0.2, 0) is 11.2 Å². The lowest BCUT2D eigenvalue weighted by Crippen LogP contribution is -2.41. The van der Waals surface area contributed by atoms with Gasteiger partial charge in [-0.3, -0.25) is 19.8 Å². The standard InChI is InChI=1S/C24H25N3O5S/c1-15-6-7-17(27(29)30)12-19(15)25-23(28)14-26-9-8-16-11-20(31-2)21(32-3)13-18(16)24(26)22-5-4-10-33-22/h4-7,10-13,24H,8-9,14H2,1-3H3,(H,25,28). The van der Waals surface area contributed by atoms with Crippen molar-refractivity contribution < 1.29 is 19.2 Å². The molecule has 0 spiro atoms. The molecular weight excluding hydrogens is 442 g/mol. The van der Waals surface area contributed by atoms with E-state index < -0.39 is 4.92 Å². The third kappa shape index (κ3) is 4.69.